The Morgan fingerprint density at radius 3 is 2.10 bits per heavy atom. The Labute approximate surface area is 183 Å². The van der Waals surface area contributed by atoms with Gasteiger partial charge in [0.1, 0.15) is 5.82 Å². The van der Waals surface area contributed by atoms with E-state index in [0.29, 0.717) is 0 Å². The molecule has 1 aliphatic carbocycles. The lowest BCUT2D eigenvalue weighted by atomic mass is 9.98. The maximum Gasteiger partial charge on any atom is 0.126 e. The molecule has 3 aromatic carbocycles. The van der Waals surface area contributed by atoms with Gasteiger partial charge in [0.25, 0.3) is 0 Å². The van der Waals surface area contributed by atoms with Gasteiger partial charge < -0.3 is 0 Å². The van der Waals surface area contributed by atoms with Crippen LogP contribution in [0.15, 0.2) is 91.0 Å². The molecule has 4 aromatic rings. The molecule has 1 aromatic heterocycles. The summed E-state index contributed by atoms with van der Waals surface area (Å²) in [5, 5.41) is 0. The van der Waals surface area contributed by atoms with Gasteiger partial charge in [0.05, 0.1) is 17.0 Å². The largest absolute Gasteiger partial charge is 0.233 e. The summed E-state index contributed by atoms with van der Waals surface area (Å²) in [7, 11) is 0. The molecular weight excluding hydrogens is 376 g/mol. The van der Waals surface area contributed by atoms with E-state index < -0.39 is 0 Å². The van der Waals surface area contributed by atoms with Crippen LogP contribution in [-0.2, 0) is 0 Å². The van der Waals surface area contributed by atoms with Gasteiger partial charge >= 0.3 is 0 Å². The summed E-state index contributed by atoms with van der Waals surface area (Å²) in [6.45, 7) is 1.93. The summed E-state index contributed by atoms with van der Waals surface area (Å²) in [5.41, 5.74) is 8.47. The van der Waals surface area contributed by atoms with Crippen LogP contribution >= 0.6 is 0 Å². The number of benzene rings is 2. The molecule has 31 heavy (non-hydrogen) atoms. The summed E-state index contributed by atoms with van der Waals surface area (Å²) in [4.78, 5) is 9.32. The topological polar surface area (TPSA) is 25.8 Å². The van der Waals surface area contributed by atoms with Crippen LogP contribution in [0.5, 0.6) is 0 Å². The quantitative estimate of drug-likeness (QED) is 0.366. The van der Waals surface area contributed by atoms with Crippen molar-refractivity contribution in [3.8, 4) is 33.6 Å². The fourth-order valence-electron chi connectivity index (χ4n) is 3.83. The molecule has 0 unspecified atom stereocenters. The monoisotopic (exact) mass is 398 g/mol. The Morgan fingerprint density at radius 2 is 1.39 bits per heavy atom. The molecule has 2 heteroatoms. The van der Waals surface area contributed by atoms with Crippen LogP contribution in [0.3, 0.4) is 0 Å². The van der Waals surface area contributed by atoms with Crippen molar-refractivity contribution in [3.63, 3.8) is 0 Å². The van der Waals surface area contributed by atoms with Crippen molar-refractivity contribution < 1.29 is 0 Å². The minimum absolute atomic E-state index is 0.745. The van der Waals surface area contributed by atoms with Crippen molar-refractivity contribution >= 4 is 5.57 Å². The van der Waals surface area contributed by atoms with E-state index in [4.69, 9.17) is 0 Å². The molecule has 2 nitrogen and oxygen atoms in total. The summed E-state index contributed by atoms with van der Waals surface area (Å²) in [6, 6.07) is 31.6. The van der Waals surface area contributed by atoms with E-state index in [1.165, 1.54) is 11.1 Å². The van der Waals surface area contributed by atoms with Gasteiger partial charge in [0.15, 0.2) is 0 Å². The third-order valence-corrected chi connectivity index (χ3v) is 5.46. The van der Waals surface area contributed by atoms with Crippen LogP contribution in [0, 0.1) is 19.1 Å². The first-order chi connectivity index (χ1) is 15.3. The highest BCUT2D eigenvalue weighted by molar-refractivity contribution is 5.77. The van der Waals surface area contributed by atoms with E-state index in [1.807, 2.05) is 31.2 Å². The van der Waals surface area contributed by atoms with Crippen LogP contribution in [0.4, 0.5) is 0 Å². The van der Waals surface area contributed by atoms with Crippen molar-refractivity contribution in [2.45, 2.75) is 19.8 Å². The standard InChI is InChI=1S/C29H22N2/c1-21-30-28(26-16-12-24(13-17-26)22-8-4-2-5-9-22)20-29(31-21)27-18-14-25(15-19-27)23-10-6-3-7-11-23/h2,4-6,8-12,14-16,18-20H,3,7H2,1H3. The van der Waals surface area contributed by atoms with Crippen molar-refractivity contribution in [2.24, 2.45) is 0 Å². The van der Waals surface area contributed by atoms with E-state index >= 15 is 0 Å². The fourth-order valence-corrected chi connectivity index (χ4v) is 3.83. The van der Waals surface area contributed by atoms with E-state index in [1.54, 1.807) is 0 Å². The molecule has 0 atom stereocenters. The summed E-state index contributed by atoms with van der Waals surface area (Å²) in [5.74, 6) is 0.745. The highest BCUT2D eigenvalue weighted by Gasteiger charge is 2.08. The Balaban J connectivity index is 1.44. The number of hydrogen-bond donors (Lipinski definition) is 0. The van der Waals surface area contributed by atoms with E-state index in [-0.39, 0.29) is 0 Å². The zero-order chi connectivity index (χ0) is 21.0. The third kappa shape index (κ3) is 4.17. The summed E-state index contributed by atoms with van der Waals surface area (Å²) in [6.07, 6.45) is 8.98. The van der Waals surface area contributed by atoms with Gasteiger partial charge in [-0.2, -0.15) is 0 Å². The number of allylic oxidation sites excluding steroid dienone is 4. The molecule has 148 valence electrons. The number of rotatable bonds is 4. The Kier molecular flexibility index (Phi) is 5.17. The predicted octanol–water partition coefficient (Wildman–Crippen LogP) is 7.12. The van der Waals surface area contributed by atoms with Crippen LogP contribution < -0.4 is 0 Å². The first kappa shape index (κ1) is 19.0. The minimum Gasteiger partial charge on any atom is -0.233 e. The molecule has 5 rings (SSSR count). The van der Waals surface area contributed by atoms with Crippen molar-refractivity contribution in [3.05, 3.63) is 115 Å². The maximum atomic E-state index is 4.67. The Morgan fingerprint density at radius 1 is 0.677 bits per heavy atom. The van der Waals surface area contributed by atoms with E-state index in [0.717, 1.165) is 52.3 Å². The highest BCUT2D eigenvalue weighted by atomic mass is 14.9. The normalized spacial score (nSPS) is 12.9. The Bertz CT molecular complexity index is 1250. The fraction of sp³-hybridized carbons (Fsp3) is 0.103. The molecule has 0 radical (unpaired) electrons. The van der Waals surface area contributed by atoms with Gasteiger partial charge in [-0.05, 0) is 54.7 Å². The van der Waals surface area contributed by atoms with Crippen molar-refractivity contribution in [2.75, 3.05) is 0 Å². The Hall–Kier alpha value is -3.96. The minimum atomic E-state index is 0.745. The molecule has 0 saturated heterocycles. The first-order valence-corrected chi connectivity index (χ1v) is 10.6. The van der Waals surface area contributed by atoms with Crippen LogP contribution in [0.1, 0.15) is 24.2 Å². The van der Waals surface area contributed by atoms with Crippen LogP contribution in [-0.4, -0.2) is 9.97 Å². The number of aryl methyl sites for hydroxylation is 1. The molecule has 1 heterocycles. The number of nitrogens with zero attached hydrogens (tertiary/aromatic N) is 2. The SMILES string of the molecule is Cc1nc(-c2c#cc(-c3ccccc3)cc2)cc(-c2ccc(C3=CCCC=C3)cc2)n1. The van der Waals surface area contributed by atoms with Gasteiger partial charge in [-0.3, -0.25) is 0 Å². The lowest BCUT2D eigenvalue weighted by molar-refractivity contribution is 1.04. The molecule has 1 aliphatic rings. The molecular formula is C29H22N2. The number of hydrogen-bond acceptors (Lipinski definition) is 2. The molecule has 0 fully saturated rings. The predicted molar refractivity (Wildman–Crippen MR) is 127 cm³/mol. The lowest BCUT2D eigenvalue weighted by Gasteiger charge is -2.09. The molecule has 0 saturated carbocycles. The van der Waals surface area contributed by atoms with E-state index in [9.17, 15) is 0 Å². The molecule has 0 aliphatic heterocycles. The summed E-state index contributed by atoms with van der Waals surface area (Å²) >= 11 is 0. The van der Waals surface area contributed by atoms with Crippen molar-refractivity contribution in [1.29, 1.82) is 0 Å². The first-order valence-electron chi connectivity index (χ1n) is 10.6. The maximum absolute atomic E-state index is 4.67. The smallest absolute Gasteiger partial charge is 0.126 e. The van der Waals surface area contributed by atoms with Crippen LogP contribution in [0.25, 0.3) is 39.2 Å². The number of aromatic nitrogens is 2. The zero-order valence-electron chi connectivity index (χ0n) is 17.5. The summed E-state index contributed by atoms with van der Waals surface area (Å²) < 4.78 is 0. The zero-order valence-corrected chi connectivity index (χ0v) is 17.5. The molecule has 0 amide bonds. The van der Waals surface area contributed by atoms with Gasteiger partial charge in [-0.15, -0.1) is 0 Å². The highest BCUT2D eigenvalue weighted by Crippen LogP contribution is 2.27. The van der Waals surface area contributed by atoms with E-state index in [2.05, 4.69) is 88.9 Å². The molecule has 0 N–H and O–H groups in total. The lowest BCUT2D eigenvalue weighted by Crippen LogP contribution is -1.95. The van der Waals surface area contributed by atoms with Gasteiger partial charge in [0.2, 0.25) is 0 Å². The van der Waals surface area contributed by atoms with Crippen molar-refractivity contribution in [1.82, 2.24) is 9.97 Å². The average Bonchev–Trinajstić information content (AvgIpc) is 2.85. The van der Waals surface area contributed by atoms with Gasteiger partial charge in [-0.25, -0.2) is 9.97 Å². The average molecular weight is 399 g/mol. The third-order valence-electron chi connectivity index (χ3n) is 5.46. The molecule has 0 spiro atoms. The second-order valence-corrected chi connectivity index (χ2v) is 7.68. The van der Waals surface area contributed by atoms with Crippen LogP contribution in [0.2, 0.25) is 0 Å². The van der Waals surface area contributed by atoms with Gasteiger partial charge in [0, 0.05) is 11.1 Å². The van der Waals surface area contributed by atoms with Gasteiger partial charge in [-0.1, -0.05) is 85.0 Å². The molecule has 0 bridgehead atoms. The second kappa shape index (κ2) is 8.42. The second-order valence-electron chi connectivity index (χ2n) is 7.68.